The second-order valence-corrected chi connectivity index (χ2v) is 9.39. The third-order valence-electron chi connectivity index (χ3n) is 6.96. The molecule has 3 atom stereocenters. The topological polar surface area (TPSA) is 77.8 Å². The fourth-order valence-electron chi connectivity index (χ4n) is 5.28. The summed E-state index contributed by atoms with van der Waals surface area (Å²) in [7, 11) is 0. The standard InChI is InChI=1S/C27H26F3NO5/c1-15-23(26(33)36-14-19-7-3-9-34-19)24(16-5-2-6-18(11-16)27(28,29)30)25-20(31-15)12-17(13-21(25)32)22-8-4-10-35-22/h2,4-6,8,10-11,17,19,24,31H,3,7,9,12-14H2,1H3/t17-,19-,24+/m1/s1. The minimum atomic E-state index is -4.57. The van der Waals surface area contributed by atoms with E-state index in [4.69, 9.17) is 13.9 Å². The van der Waals surface area contributed by atoms with Crippen LogP contribution < -0.4 is 5.32 Å². The van der Waals surface area contributed by atoms with Crippen molar-refractivity contribution in [2.75, 3.05) is 13.2 Å². The van der Waals surface area contributed by atoms with Gasteiger partial charge in [0.25, 0.3) is 0 Å². The van der Waals surface area contributed by atoms with E-state index in [1.165, 1.54) is 18.4 Å². The van der Waals surface area contributed by atoms with Crippen molar-refractivity contribution >= 4 is 11.8 Å². The van der Waals surface area contributed by atoms with Gasteiger partial charge in [0.1, 0.15) is 12.4 Å². The summed E-state index contributed by atoms with van der Waals surface area (Å²) in [5.41, 5.74) is 0.835. The first kappa shape index (κ1) is 24.4. The molecular weight excluding hydrogens is 475 g/mol. The number of halogens is 3. The number of Topliss-reactive ketones (excluding diaryl/α,β-unsaturated/α-hetero) is 1. The van der Waals surface area contributed by atoms with Gasteiger partial charge in [0.05, 0.1) is 23.5 Å². The largest absolute Gasteiger partial charge is 0.469 e. The average Bonchev–Trinajstić information content (AvgIpc) is 3.55. The van der Waals surface area contributed by atoms with E-state index in [-0.39, 0.29) is 42.0 Å². The van der Waals surface area contributed by atoms with Crippen LogP contribution in [0.3, 0.4) is 0 Å². The summed E-state index contributed by atoms with van der Waals surface area (Å²) in [5, 5.41) is 3.19. The number of alkyl halides is 3. The van der Waals surface area contributed by atoms with Crippen LogP contribution in [0.2, 0.25) is 0 Å². The van der Waals surface area contributed by atoms with Gasteiger partial charge < -0.3 is 19.2 Å². The van der Waals surface area contributed by atoms with Gasteiger partial charge in [0.2, 0.25) is 0 Å². The van der Waals surface area contributed by atoms with E-state index in [0.29, 0.717) is 35.8 Å². The number of ether oxygens (including phenoxy) is 2. The van der Waals surface area contributed by atoms with E-state index >= 15 is 0 Å². The number of rotatable bonds is 5. The quantitative estimate of drug-likeness (QED) is 0.555. The molecule has 0 bridgehead atoms. The summed E-state index contributed by atoms with van der Waals surface area (Å²) >= 11 is 0. The Labute approximate surface area is 206 Å². The number of nitrogens with one attached hydrogen (secondary N) is 1. The number of carbonyl (C=O) groups is 2. The fraction of sp³-hybridized carbons (Fsp3) is 0.407. The second-order valence-electron chi connectivity index (χ2n) is 9.39. The zero-order chi connectivity index (χ0) is 25.4. The number of furan rings is 1. The first-order valence-corrected chi connectivity index (χ1v) is 12.0. The minimum absolute atomic E-state index is 0.0470. The van der Waals surface area contributed by atoms with E-state index in [2.05, 4.69) is 5.32 Å². The van der Waals surface area contributed by atoms with Crippen LogP contribution in [0.15, 0.2) is 69.6 Å². The highest BCUT2D eigenvalue weighted by molar-refractivity contribution is 6.04. The van der Waals surface area contributed by atoms with Gasteiger partial charge in [-0.2, -0.15) is 13.2 Å². The van der Waals surface area contributed by atoms with Crippen LogP contribution in [0.5, 0.6) is 0 Å². The van der Waals surface area contributed by atoms with Crippen LogP contribution in [0.1, 0.15) is 61.3 Å². The predicted octanol–water partition coefficient (Wildman–Crippen LogP) is 5.38. The van der Waals surface area contributed by atoms with Gasteiger partial charge in [-0.25, -0.2) is 4.79 Å². The molecule has 1 N–H and O–H groups in total. The summed E-state index contributed by atoms with van der Waals surface area (Å²) in [6.07, 6.45) is -1.04. The molecule has 1 saturated heterocycles. The number of hydrogen-bond acceptors (Lipinski definition) is 6. The highest BCUT2D eigenvalue weighted by Gasteiger charge is 2.43. The maximum absolute atomic E-state index is 13.6. The molecule has 1 aliphatic carbocycles. The minimum Gasteiger partial charge on any atom is -0.469 e. The molecule has 3 heterocycles. The third-order valence-corrected chi connectivity index (χ3v) is 6.96. The summed E-state index contributed by atoms with van der Waals surface area (Å²) in [6, 6.07) is 8.34. The molecular formula is C27H26F3NO5. The first-order chi connectivity index (χ1) is 17.2. The van der Waals surface area contributed by atoms with Crippen molar-refractivity contribution in [1.82, 2.24) is 5.32 Å². The van der Waals surface area contributed by atoms with Crippen LogP contribution >= 0.6 is 0 Å². The van der Waals surface area contributed by atoms with Crippen LogP contribution in [-0.2, 0) is 25.2 Å². The van der Waals surface area contributed by atoms with Crippen LogP contribution in [-0.4, -0.2) is 31.1 Å². The Balaban J connectivity index is 1.54. The summed E-state index contributed by atoms with van der Waals surface area (Å²) in [4.78, 5) is 26.8. The van der Waals surface area contributed by atoms with E-state index < -0.39 is 23.6 Å². The monoisotopic (exact) mass is 501 g/mol. The number of carbonyl (C=O) groups excluding carboxylic acids is 2. The van der Waals surface area contributed by atoms with Gasteiger partial charge in [-0.3, -0.25) is 4.79 Å². The van der Waals surface area contributed by atoms with Gasteiger partial charge in [0.15, 0.2) is 5.78 Å². The molecule has 1 aromatic heterocycles. The van der Waals surface area contributed by atoms with Crippen molar-refractivity contribution in [2.45, 2.75) is 56.7 Å². The number of allylic oxidation sites excluding steroid dienone is 3. The molecule has 0 amide bonds. The Bertz CT molecular complexity index is 1220. The second kappa shape index (κ2) is 9.61. The van der Waals surface area contributed by atoms with Crippen molar-refractivity contribution in [3.8, 4) is 0 Å². The van der Waals surface area contributed by atoms with E-state index in [9.17, 15) is 22.8 Å². The number of ketones is 1. The van der Waals surface area contributed by atoms with Crippen molar-refractivity contribution in [3.63, 3.8) is 0 Å². The van der Waals surface area contributed by atoms with E-state index in [0.717, 1.165) is 25.0 Å². The first-order valence-electron chi connectivity index (χ1n) is 12.0. The molecule has 0 saturated carbocycles. The number of benzene rings is 1. The zero-order valence-corrected chi connectivity index (χ0v) is 19.7. The van der Waals surface area contributed by atoms with Crippen molar-refractivity contribution in [1.29, 1.82) is 0 Å². The normalized spacial score (nSPS) is 24.6. The van der Waals surface area contributed by atoms with Gasteiger partial charge in [-0.05, 0) is 49.9 Å². The Kier molecular flexibility index (Phi) is 6.51. The molecule has 9 heteroatoms. The lowest BCUT2D eigenvalue weighted by Gasteiger charge is -2.36. The molecule has 5 rings (SSSR count). The number of hydrogen-bond donors (Lipinski definition) is 1. The van der Waals surface area contributed by atoms with Crippen LogP contribution in [0, 0.1) is 0 Å². The molecule has 0 unspecified atom stereocenters. The van der Waals surface area contributed by atoms with Crippen molar-refractivity contribution < 1.29 is 36.7 Å². The average molecular weight is 502 g/mol. The Morgan fingerprint density at radius 2 is 2.03 bits per heavy atom. The third kappa shape index (κ3) is 4.72. The summed E-state index contributed by atoms with van der Waals surface area (Å²) < 4.78 is 57.3. The predicted molar refractivity (Wildman–Crippen MR) is 123 cm³/mol. The highest BCUT2D eigenvalue weighted by atomic mass is 19.4. The zero-order valence-electron chi connectivity index (χ0n) is 19.7. The van der Waals surface area contributed by atoms with Crippen molar-refractivity contribution in [3.05, 3.63) is 82.1 Å². The maximum atomic E-state index is 13.6. The molecule has 6 nitrogen and oxygen atoms in total. The maximum Gasteiger partial charge on any atom is 0.416 e. The van der Waals surface area contributed by atoms with Crippen molar-refractivity contribution in [2.24, 2.45) is 0 Å². The molecule has 0 spiro atoms. The molecule has 1 fully saturated rings. The molecule has 1 aromatic carbocycles. The molecule has 0 radical (unpaired) electrons. The van der Waals surface area contributed by atoms with E-state index in [1.807, 2.05) is 0 Å². The van der Waals surface area contributed by atoms with Gasteiger partial charge in [-0.15, -0.1) is 0 Å². The van der Waals surface area contributed by atoms with Gasteiger partial charge in [-0.1, -0.05) is 18.2 Å². The fourth-order valence-corrected chi connectivity index (χ4v) is 5.28. The molecule has 190 valence electrons. The summed E-state index contributed by atoms with van der Waals surface area (Å²) in [5.74, 6) is -1.45. The molecule has 2 aromatic rings. The van der Waals surface area contributed by atoms with Crippen LogP contribution in [0.4, 0.5) is 13.2 Å². The number of dihydropyridines is 1. The lowest BCUT2D eigenvalue weighted by Crippen LogP contribution is -2.36. The smallest absolute Gasteiger partial charge is 0.416 e. The Morgan fingerprint density at radius 3 is 2.72 bits per heavy atom. The Hall–Kier alpha value is -3.33. The Morgan fingerprint density at radius 1 is 1.19 bits per heavy atom. The van der Waals surface area contributed by atoms with Gasteiger partial charge >= 0.3 is 12.1 Å². The lowest BCUT2D eigenvalue weighted by atomic mass is 9.72. The lowest BCUT2D eigenvalue weighted by molar-refractivity contribution is -0.142. The molecule has 3 aliphatic rings. The van der Waals surface area contributed by atoms with Crippen LogP contribution in [0.25, 0.3) is 0 Å². The molecule has 2 aliphatic heterocycles. The number of esters is 1. The SMILES string of the molecule is CC1=C(C(=O)OC[C@H]2CCCO2)[C@H](c2cccc(C(F)(F)F)c2)C2=C(C[C@@H](c3ccco3)CC2=O)N1. The van der Waals surface area contributed by atoms with Gasteiger partial charge in [0, 0.05) is 41.8 Å². The summed E-state index contributed by atoms with van der Waals surface area (Å²) in [6.45, 7) is 2.32. The highest BCUT2D eigenvalue weighted by Crippen LogP contribution is 2.46. The van der Waals surface area contributed by atoms with E-state index in [1.54, 1.807) is 19.1 Å². The molecule has 36 heavy (non-hydrogen) atoms.